The van der Waals surface area contributed by atoms with E-state index >= 15 is 0 Å². The maximum Gasteiger partial charge on any atom is 0.257 e. The molecule has 1 saturated heterocycles. The average molecular weight is 438 g/mol. The third-order valence-electron chi connectivity index (χ3n) is 5.22. The van der Waals surface area contributed by atoms with Gasteiger partial charge in [0, 0.05) is 6.54 Å². The molecule has 3 aromatic carbocycles. The Hall–Kier alpha value is -3.94. The number of hydrogen-bond acceptors (Lipinski definition) is 3. The second-order valence-corrected chi connectivity index (χ2v) is 7.30. The van der Waals surface area contributed by atoms with Crippen molar-refractivity contribution in [2.45, 2.75) is 19.0 Å². The summed E-state index contributed by atoms with van der Waals surface area (Å²) in [7, 11) is 0. The molecule has 0 spiro atoms. The number of carbonyl (C=O) groups excluding carboxylic acids is 3. The molecule has 0 N–H and O–H groups in total. The first-order valence-corrected chi connectivity index (χ1v) is 9.77. The van der Waals surface area contributed by atoms with Crippen molar-refractivity contribution in [2.75, 3.05) is 4.90 Å². The van der Waals surface area contributed by atoms with Crippen molar-refractivity contribution >= 4 is 23.4 Å². The van der Waals surface area contributed by atoms with E-state index in [0.717, 1.165) is 28.0 Å². The molecule has 3 aromatic rings. The molecule has 0 aromatic heterocycles. The lowest BCUT2D eigenvalue weighted by Gasteiger charge is -2.28. The molecule has 8 heteroatoms. The smallest absolute Gasteiger partial charge is 0.257 e. The summed E-state index contributed by atoms with van der Waals surface area (Å²) in [6.45, 7) is -0.144. The molecular weight excluding hydrogens is 421 g/mol. The van der Waals surface area contributed by atoms with E-state index in [1.807, 2.05) is 0 Å². The number of imide groups is 1. The fraction of sp³-hybridized carbons (Fsp3) is 0.125. The van der Waals surface area contributed by atoms with Crippen LogP contribution in [0.2, 0.25) is 0 Å². The molecular formula is C24H17F3N2O3. The van der Waals surface area contributed by atoms with Gasteiger partial charge in [-0.25, -0.2) is 18.1 Å². The van der Waals surface area contributed by atoms with Crippen LogP contribution < -0.4 is 4.90 Å². The lowest BCUT2D eigenvalue weighted by atomic mass is 10.1. The number of nitrogens with zero attached hydrogens (tertiary/aromatic N) is 2. The SMILES string of the molecule is O=C1CC(N(Cc2ccc(F)cc2)C(=O)c2ccccc2F)C(=O)N1c1ccc(F)cc1. The topological polar surface area (TPSA) is 57.7 Å². The Kier molecular flexibility index (Phi) is 5.77. The van der Waals surface area contributed by atoms with Gasteiger partial charge < -0.3 is 4.90 Å². The van der Waals surface area contributed by atoms with Gasteiger partial charge in [-0.2, -0.15) is 0 Å². The minimum Gasteiger partial charge on any atom is -0.322 e. The van der Waals surface area contributed by atoms with Gasteiger partial charge in [0.25, 0.3) is 11.8 Å². The third kappa shape index (κ3) is 4.12. The van der Waals surface area contributed by atoms with Gasteiger partial charge in [0.1, 0.15) is 23.5 Å². The van der Waals surface area contributed by atoms with E-state index in [9.17, 15) is 27.6 Å². The van der Waals surface area contributed by atoms with Crippen LogP contribution in [0.15, 0.2) is 72.8 Å². The fourth-order valence-corrected chi connectivity index (χ4v) is 3.62. The van der Waals surface area contributed by atoms with Gasteiger partial charge in [-0.3, -0.25) is 14.4 Å². The normalized spacial score (nSPS) is 15.8. The monoisotopic (exact) mass is 438 g/mol. The van der Waals surface area contributed by atoms with Crippen LogP contribution in [0.3, 0.4) is 0 Å². The minimum absolute atomic E-state index is 0.144. The molecule has 1 heterocycles. The first-order valence-electron chi connectivity index (χ1n) is 9.77. The molecule has 0 aliphatic carbocycles. The van der Waals surface area contributed by atoms with Crippen LogP contribution in [0.1, 0.15) is 22.3 Å². The lowest BCUT2D eigenvalue weighted by Crippen LogP contribution is -2.45. The van der Waals surface area contributed by atoms with Crippen LogP contribution in [-0.2, 0) is 16.1 Å². The zero-order chi connectivity index (χ0) is 22.8. The summed E-state index contributed by atoms with van der Waals surface area (Å²) in [6.07, 6.45) is -0.322. The second-order valence-electron chi connectivity index (χ2n) is 7.30. The van der Waals surface area contributed by atoms with Gasteiger partial charge in [-0.15, -0.1) is 0 Å². The molecule has 5 nitrogen and oxygen atoms in total. The Morgan fingerprint density at radius 3 is 2.09 bits per heavy atom. The standard InChI is InChI=1S/C24H17F3N2O3/c25-16-7-5-15(6-8-16)14-28(23(31)19-3-1-2-4-20(19)27)21-13-22(30)29(24(21)32)18-11-9-17(26)10-12-18/h1-12,21H,13-14H2. The third-order valence-corrected chi connectivity index (χ3v) is 5.22. The van der Waals surface area contributed by atoms with E-state index in [2.05, 4.69) is 0 Å². The Morgan fingerprint density at radius 2 is 1.47 bits per heavy atom. The minimum atomic E-state index is -1.20. The van der Waals surface area contributed by atoms with Crippen molar-refractivity contribution < 1.29 is 27.6 Å². The zero-order valence-corrected chi connectivity index (χ0v) is 16.7. The molecule has 4 rings (SSSR count). The molecule has 32 heavy (non-hydrogen) atoms. The number of benzene rings is 3. The Labute approximate surface area is 181 Å². The summed E-state index contributed by atoms with van der Waals surface area (Å²) in [5, 5.41) is 0. The summed E-state index contributed by atoms with van der Waals surface area (Å²) >= 11 is 0. The second kappa shape index (κ2) is 8.66. The van der Waals surface area contributed by atoms with Crippen molar-refractivity contribution in [3.63, 3.8) is 0 Å². The van der Waals surface area contributed by atoms with Crippen LogP contribution in [0, 0.1) is 17.5 Å². The summed E-state index contributed by atoms with van der Waals surface area (Å²) in [5.41, 5.74) is 0.413. The van der Waals surface area contributed by atoms with Gasteiger partial charge in [0.15, 0.2) is 0 Å². The predicted molar refractivity (Wildman–Crippen MR) is 110 cm³/mol. The number of carbonyl (C=O) groups is 3. The lowest BCUT2D eigenvalue weighted by molar-refractivity contribution is -0.122. The van der Waals surface area contributed by atoms with Crippen LogP contribution in [0.5, 0.6) is 0 Å². The maximum absolute atomic E-state index is 14.3. The largest absolute Gasteiger partial charge is 0.322 e. The predicted octanol–water partition coefficient (Wildman–Crippen LogP) is 4.08. The number of halogens is 3. The Morgan fingerprint density at radius 1 is 0.875 bits per heavy atom. The Balaban J connectivity index is 1.70. The molecule has 1 atom stereocenters. The number of anilines is 1. The van der Waals surface area contributed by atoms with E-state index in [-0.39, 0.29) is 24.2 Å². The van der Waals surface area contributed by atoms with Gasteiger partial charge >= 0.3 is 0 Å². The first kappa shape index (κ1) is 21.3. The van der Waals surface area contributed by atoms with Crippen molar-refractivity contribution in [1.82, 2.24) is 4.90 Å². The molecule has 0 radical (unpaired) electrons. The van der Waals surface area contributed by atoms with Crippen LogP contribution in [-0.4, -0.2) is 28.7 Å². The van der Waals surface area contributed by atoms with Crippen molar-refractivity contribution in [2.24, 2.45) is 0 Å². The van der Waals surface area contributed by atoms with Crippen LogP contribution in [0.4, 0.5) is 18.9 Å². The number of rotatable bonds is 5. The summed E-state index contributed by atoms with van der Waals surface area (Å²) in [6, 6.07) is 14.2. The van der Waals surface area contributed by atoms with E-state index in [4.69, 9.17) is 0 Å². The number of amides is 3. The van der Waals surface area contributed by atoms with Gasteiger partial charge in [-0.05, 0) is 54.1 Å². The molecule has 3 amide bonds. The van der Waals surface area contributed by atoms with E-state index in [1.54, 1.807) is 0 Å². The molecule has 1 fully saturated rings. The quantitative estimate of drug-likeness (QED) is 0.564. The van der Waals surface area contributed by atoms with Crippen molar-refractivity contribution in [3.8, 4) is 0 Å². The molecule has 0 saturated carbocycles. The van der Waals surface area contributed by atoms with E-state index in [0.29, 0.717) is 5.56 Å². The highest BCUT2D eigenvalue weighted by atomic mass is 19.1. The number of hydrogen-bond donors (Lipinski definition) is 0. The highest BCUT2D eigenvalue weighted by Crippen LogP contribution is 2.28. The molecule has 1 aliphatic rings. The fourth-order valence-electron chi connectivity index (χ4n) is 3.62. The van der Waals surface area contributed by atoms with Crippen molar-refractivity contribution in [3.05, 3.63) is 101 Å². The summed E-state index contributed by atoms with van der Waals surface area (Å²) in [5.74, 6) is -3.81. The van der Waals surface area contributed by atoms with E-state index in [1.165, 1.54) is 54.6 Å². The molecule has 162 valence electrons. The van der Waals surface area contributed by atoms with Gasteiger partial charge in [-0.1, -0.05) is 24.3 Å². The molecule has 1 aliphatic heterocycles. The summed E-state index contributed by atoms with van der Waals surface area (Å²) in [4.78, 5) is 41.1. The molecule has 0 bridgehead atoms. The first-order chi connectivity index (χ1) is 15.3. The average Bonchev–Trinajstić information content (AvgIpc) is 3.07. The van der Waals surface area contributed by atoms with Crippen LogP contribution >= 0.6 is 0 Å². The molecule has 1 unspecified atom stereocenters. The maximum atomic E-state index is 14.3. The highest BCUT2D eigenvalue weighted by molar-refractivity contribution is 6.23. The Bertz CT molecular complexity index is 1180. The summed E-state index contributed by atoms with van der Waals surface area (Å²) < 4.78 is 40.9. The zero-order valence-electron chi connectivity index (χ0n) is 16.7. The van der Waals surface area contributed by atoms with Gasteiger partial charge in [0.2, 0.25) is 5.91 Å². The van der Waals surface area contributed by atoms with Crippen molar-refractivity contribution in [1.29, 1.82) is 0 Å². The van der Waals surface area contributed by atoms with Crippen LogP contribution in [0.25, 0.3) is 0 Å². The van der Waals surface area contributed by atoms with E-state index < -0.39 is 41.2 Å². The van der Waals surface area contributed by atoms with Gasteiger partial charge in [0.05, 0.1) is 17.7 Å². The highest BCUT2D eigenvalue weighted by Gasteiger charge is 2.44.